The normalized spacial score (nSPS) is 12.2. The number of benzene rings is 1. The lowest BCUT2D eigenvalue weighted by molar-refractivity contribution is -0.144. The number of thioether (sulfide) groups is 1. The van der Waals surface area contributed by atoms with Gasteiger partial charge >= 0.3 is 5.97 Å². The van der Waals surface area contributed by atoms with Crippen LogP contribution < -0.4 is 5.73 Å². The number of carbonyl (C=O) groups excluding carboxylic acids is 1. The van der Waals surface area contributed by atoms with Crippen molar-refractivity contribution in [1.82, 2.24) is 0 Å². The minimum Gasteiger partial charge on any atom is -0.466 e. The maximum atomic E-state index is 11.2. The summed E-state index contributed by atoms with van der Waals surface area (Å²) in [5, 5.41) is 9.71. The molecule has 4 nitrogen and oxygen atoms in total. The van der Waals surface area contributed by atoms with E-state index in [1.165, 1.54) is 11.8 Å². The number of esters is 1. The number of hydrogen-bond acceptors (Lipinski definition) is 5. The van der Waals surface area contributed by atoms with E-state index in [0.717, 1.165) is 16.1 Å². The van der Waals surface area contributed by atoms with Crippen LogP contribution in [0.4, 0.5) is 5.69 Å². The van der Waals surface area contributed by atoms with Crippen LogP contribution in [-0.4, -0.2) is 29.5 Å². The minimum absolute atomic E-state index is 0.0300. The van der Waals surface area contributed by atoms with Crippen LogP contribution in [0, 0.1) is 6.92 Å². The van der Waals surface area contributed by atoms with Gasteiger partial charge in [-0.1, -0.05) is 6.07 Å². The molecule has 0 fully saturated rings. The van der Waals surface area contributed by atoms with Gasteiger partial charge in [0, 0.05) is 16.3 Å². The summed E-state index contributed by atoms with van der Waals surface area (Å²) < 4.78 is 4.78. The second-order valence-corrected chi connectivity index (χ2v) is 5.01. The van der Waals surface area contributed by atoms with Crippen molar-refractivity contribution in [2.45, 2.75) is 31.3 Å². The highest BCUT2D eigenvalue weighted by Gasteiger charge is 2.12. The van der Waals surface area contributed by atoms with Gasteiger partial charge in [-0.25, -0.2) is 0 Å². The lowest BCUT2D eigenvalue weighted by Crippen LogP contribution is -2.17. The van der Waals surface area contributed by atoms with Crippen molar-refractivity contribution >= 4 is 23.4 Å². The molecule has 0 heterocycles. The predicted octanol–water partition coefficient (Wildman–Crippen LogP) is 1.98. The molecule has 3 N–H and O–H groups in total. The van der Waals surface area contributed by atoms with E-state index >= 15 is 0 Å². The SMILES string of the molecule is CCOC(=O)CC(O)CSc1cccc(N)c1C. The average molecular weight is 269 g/mol. The lowest BCUT2D eigenvalue weighted by Gasteiger charge is -2.11. The fourth-order valence-corrected chi connectivity index (χ4v) is 2.44. The topological polar surface area (TPSA) is 72.5 Å². The number of aliphatic hydroxyl groups is 1. The minimum atomic E-state index is -0.699. The standard InChI is InChI=1S/C13H19NO3S/c1-3-17-13(16)7-10(15)8-18-12-6-4-5-11(14)9(12)2/h4-6,10,15H,3,7-8,14H2,1-2H3. The number of nitrogens with two attached hydrogens (primary N) is 1. The van der Waals surface area contributed by atoms with Crippen molar-refractivity contribution in [2.24, 2.45) is 0 Å². The Balaban J connectivity index is 2.45. The van der Waals surface area contributed by atoms with Crippen LogP contribution in [0.3, 0.4) is 0 Å². The first kappa shape index (κ1) is 14.9. The van der Waals surface area contributed by atoms with Crippen molar-refractivity contribution < 1.29 is 14.6 Å². The van der Waals surface area contributed by atoms with Crippen LogP contribution in [0.1, 0.15) is 18.9 Å². The first-order valence-corrected chi connectivity index (χ1v) is 6.84. The summed E-state index contributed by atoms with van der Waals surface area (Å²) >= 11 is 1.49. The van der Waals surface area contributed by atoms with Gasteiger partial charge in [0.2, 0.25) is 0 Å². The molecule has 1 aromatic rings. The van der Waals surface area contributed by atoms with Gasteiger partial charge in [-0.15, -0.1) is 11.8 Å². The fourth-order valence-electron chi connectivity index (χ4n) is 1.44. The quantitative estimate of drug-likeness (QED) is 0.469. The molecule has 1 unspecified atom stereocenters. The van der Waals surface area contributed by atoms with Gasteiger partial charge in [-0.2, -0.15) is 0 Å². The predicted molar refractivity (Wildman–Crippen MR) is 73.6 cm³/mol. The van der Waals surface area contributed by atoms with Gasteiger partial charge in [0.15, 0.2) is 0 Å². The molecule has 1 aromatic carbocycles. The second kappa shape index (κ2) is 7.28. The van der Waals surface area contributed by atoms with Gasteiger partial charge in [0.1, 0.15) is 0 Å². The van der Waals surface area contributed by atoms with Crippen molar-refractivity contribution in [3.8, 4) is 0 Å². The Morgan fingerprint density at radius 2 is 2.28 bits per heavy atom. The molecule has 0 aliphatic heterocycles. The van der Waals surface area contributed by atoms with Crippen LogP contribution in [0.15, 0.2) is 23.1 Å². The average Bonchev–Trinajstić information content (AvgIpc) is 2.31. The first-order valence-electron chi connectivity index (χ1n) is 5.86. The lowest BCUT2D eigenvalue weighted by atomic mass is 10.2. The Kier molecular flexibility index (Phi) is 6.01. The maximum Gasteiger partial charge on any atom is 0.308 e. The third kappa shape index (κ3) is 4.58. The van der Waals surface area contributed by atoms with E-state index in [1.807, 2.05) is 25.1 Å². The van der Waals surface area contributed by atoms with Gasteiger partial charge in [-0.3, -0.25) is 4.79 Å². The van der Waals surface area contributed by atoms with Crippen LogP contribution in [0.5, 0.6) is 0 Å². The number of anilines is 1. The molecule has 0 aliphatic rings. The Hall–Kier alpha value is -1.20. The molecule has 0 bridgehead atoms. The molecule has 0 saturated carbocycles. The van der Waals surface area contributed by atoms with Gasteiger partial charge in [0.05, 0.1) is 19.1 Å². The molecule has 0 saturated heterocycles. The zero-order chi connectivity index (χ0) is 13.5. The highest BCUT2D eigenvalue weighted by atomic mass is 32.2. The molecule has 0 spiro atoms. The molecule has 0 aliphatic carbocycles. The number of ether oxygens (including phenoxy) is 1. The summed E-state index contributed by atoms with van der Waals surface area (Å²) in [5.74, 6) is 0.0817. The third-order valence-corrected chi connectivity index (χ3v) is 3.77. The largest absolute Gasteiger partial charge is 0.466 e. The molecule has 5 heteroatoms. The molecule has 1 rings (SSSR count). The van der Waals surface area contributed by atoms with Crippen LogP contribution in [0.25, 0.3) is 0 Å². The summed E-state index contributed by atoms with van der Waals surface area (Å²) in [6.07, 6.45) is -0.669. The Bertz CT molecular complexity index is 409. The number of rotatable bonds is 6. The van der Waals surface area contributed by atoms with Crippen LogP contribution >= 0.6 is 11.8 Å². The molecular weight excluding hydrogens is 250 g/mol. The molecule has 100 valence electrons. The maximum absolute atomic E-state index is 11.2. The van der Waals surface area contributed by atoms with Crippen molar-refractivity contribution in [1.29, 1.82) is 0 Å². The fraction of sp³-hybridized carbons (Fsp3) is 0.462. The van der Waals surface area contributed by atoms with Gasteiger partial charge in [0.25, 0.3) is 0 Å². The van der Waals surface area contributed by atoms with Crippen LogP contribution in [0.2, 0.25) is 0 Å². The molecule has 0 amide bonds. The summed E-state index contributed by atoms with van der Waals surface area (Å²) in [7, 11) is 0. The number of hydrogen-bond donors (Lipinski definition) is 2. The highest BCUT2D eigenvalue weighted by Crippen LogP contribution is 2.26. The van der Waals surface area contributed by atoms with E-state index in [1.54, 1.807) is 6.92 Å². The molecule has 0 aromatic heterocycles. The Morgan fingerprint density at radius 1 is 1.56 bits per heavy atom. The second-order valence-electron chi connectivity index (χ2n) is 3.94. The van der Waals surface area contributed by atoms with Crippen molar-refractivity contribution in [2.75, 3.05) is 18.1 Å². The summed E-state index contributed by atoms with van der Waals surface area (Å²) in [5.41, 5.74) is 7.54. The van der Waals surface area contributed by atoms with E-state index in [4.69, 9.17) is 10.5 Å². The van der Waals surface area contributed by atoms with Gasteiger partial charge < -0.3 is 15.6 Å². The van der Waals surface area contributed by atoms with Crippen LogP contribution in [-0.2, 0) is 9.53 Å². The monoisotopic (exact) mass is 269 g/mol. The van der Waals surface area contributed by atoms with E-state index < -0.39 is 6.10 Å². The summed E-state index contributed by atoms with van der Waals surface area (Å²) in [4.78, 5) is 12.2. The number of nitrogen functional groups attached to an aromatic ring is 1. The molecule has 1 atom stereocenters. The number of aliphatic hydroxyl groups excluding tert-OH is 1. The smallest absolute Gasteiger partial charge is 0.308 e. The Morgan fingerprint density at radius 3 is 2.94 bits per heavy atom. The van der Waals surface area contributed by atoms with E-state index in [2.05, 4.69) is 0 Å². The molecular formula is C13H19NO3S. The van der Waals surface area contributed by atoms with Crippen molar-refractivity contribution in [3.05, 3.63) is 23.8 Å². The summed E-state index contributed by atoms with van der Waals surface area (Å²) in [6, 6.07) is 5.67. The highest BCUT2D eigenvalue weighted by molar-refractivity contribution is 7.99. The molecule has 18 heavy (non-hydrogen) atoms. The zero-order valence-corrected chi connectivity index (χ0v) is 11.5. The van der Waals surface area contributed by atoms with Crippen molar-refractivity contribution in [3.63, 3.8) is 0 Å². The molecule has 0 radical (unpaired) electrons. The number of carbonyl (C=O) groups is 1. The van der Waals surface area contributed by atoms with E-state index in [9.17, 15) is 9.90 Å². The van der Waals surface area contributed by atoms with Gasteiger partial charge in [-0.05, 0) is 31.5 Å². The summed E-state index contributed by atoms with van der Waals surface area (Å²) in [6.45, 7) is 4.03. The Labute approximate surface area is 112 Å². The first-order chi connectivity index (χ1) is 8.54. The van der Waals surface area contributed by atoms with E-state index in [0.29, 0.717) is 12.4 Å². The van der Waals surface area contributed by atoms with E-state index in [-0.39, 0.29) is 12.4 Å². The zero-order valence-electron chi connectivity index (χ0n) is 10.7. The third-order valence-electron chi connectivity index (χ3n) is 2.46.